The lowest BCUT2D eigenvalue weighted by atomic mass is 9.91. The number of nitrogens with one attached hydrogen (secondary N) is 2. The minimum absolute atomic E-state index is 0.00877. The number of unbranched alkanes of at least 4 members (excludes halogenated alkanes) is 4. The smallest absolute Gasteiger partial charge is 0.326 e. The number of allylic oxidation sites excluding steroid dienone is 2. The number of nitrogens with zero attached hydrogens (tertiary/aromatic N) is 1. The fraction of sp³-hybridized carbons (Fsp3) is 0.793. The molecule has 0 fully saturated rings. The Bertz CT molecular complexity index is 750. The van der Waals surface area contributed by atoms with Crippen LogP contribution in [0.2, 0.25) is 0 Å². The number of amides is 3. The van der Waals surface area contributed by atoms with Crippen LogP contribution in [0.25, 0.3) is 0 Å². The summed E-state index contributed by atoms with van der Waals surface area (Å²) >= 11 is 0. The van der Waals surface area contributed by atoms with Crippen LogP contribution in [0, 0.1) is 17.8 Å². The van der Waals surface area contributed by atoms with Crippen LogP contribution in [0.5, 0.6) is 0 Å². The maximum atomic E-state index is 13.3. The van der Waals surface area contributed by atoms with E-state index in [4.69, 9.17) is 0 Å². The van der Waals surface area contributed by atoms with E-state index in [0.717, 1.165) is 44.9 Å². The average Bonchev–Trinajstić information content (AvgIpc) is 2.83. The van der Waals surface area contributed by atoms with Crippen LogP contribution in [0.3, 0.4) is 0 Å². The summed E-state index contributed by atoms with van der Waals surface area (Å²) in [5.74, 6) is -2.56. The van der Waals surface area contributed by atoms with Gasteiger partial charge in [0.15, 0.2) is 0 Å². The number of aliphatic carboxylic acids is 1. The quantitative estimate of drug-likeness (QED) is 0.285. The van der Waals surface area contributed by atoms with Crippen LogP contribution in [-0.2, 0) is 19.2 Å². The Balaban J connectivity index is 3.15. The van der Waals surface area contributed by atoms with Gasteiger partial charge in [0.05, 0.1) is 0 Å². The highest BCUT2D eigenvalue weighted by Crippen LogP contribution is 2.21. The summed E-state index contributed by atoms with van der Waals surface area (Å²) in [5.41, 5.74) is 0. The zero-order chi connectivity index (χ0) is 27.8. The summed E-state index contributed by atoms with van der Waals surface area (Å²) < 4.78 is 0. The van der Waals surface area contributed by atoms with E-state index in [0.29, 0.717) is 12.8 Å². The van der Waals surface area contributed by atoms with Crippen molar-refractivity contribution in [3.63, 3.8) is 0 Å². The predicted molar refractivity (Wildman–Crippen MR) is 147 cm³/mol. The molecule has 0 aromatic carbocycles. The van der Waals surface area contributed by atoms with Crippen molar-refractivity contribution < 1.29 is 24.3 Å². The Kier molecular flexibility index (Phi) is 15.9. The van der Waals surface area contributed by atoms with Gasteiger partial charge in [-0.05, 0) is 50.9 Å². The molecule has 3 amide bonds. The first kappa shape index (κ1) is 32.6. The van der Waals surface area contributed by atoms with E-state index in [1.165, 1.54) is 24.2 Å². The van der Waals surface area contributed by atoms with Gasteiger partial charge in [-0.25, -0.2) is 4.79 Å². The van der Waals surface area contributed by atoms with Gasteiger partial charge in [0.2, 0.25) is 17.7 Å². The van der Waals surface area contributed by atoms with Gasteiger partial charge in [-0.15, -0.1) is 0 Å². The number of carboxylic acids is 1. The maximum absolute atomic E-state index is 13.3. The number of carbonyl (C=O) groups excluding carboxylic acids is 3. The Morgan fingerprint density at radius 3 is 2.35 bits per heavy atom. The Labute approximate surface area is 224 Å². The van der Waals surface area contributed by atoms with Gasteiger partial charge in [0.1, 0.15) is 12.1 Å². The van der Waals surface area contributed by atoms with E-state index < -0.39 is 29.9 Å². The molecule has 0 bridgehead atoms. The summed E-state index contributed by atoms with van der Waals surface area (Å²) in [6.07, 6.45) is 14.7. The Morgan fingerprint density at radius 1 is 1.03 bits per heavy atom. The predicted octanol–water partition coefficient (Wildman–Crippen LogP) is 4.68. The van der Waals surface area contributed by atoms with E-state index in [-0.39, 0.29) is 30.1 Å². The van der Waals surface area contributed by atoms with Crippen LogP contribution < -0.4 is 10.6 Å². The molecular weight excluding hydrogens is 470 g/mol. The van der Waals surface area contributed by atoms with Crippen molar-refractivity contribution in [2.45, 2.75) is 116 Å². The van der Waals surface area contributed by atoms with E-state index in [1.54, 1.807) is 14.1 Å². The lowest BCUT2D eigenvalue weighted by molar-refractivity contribution is -0.143. The second-order valence-electron chi connectivity index (χ2n) is 11.1. The monoisotopic (exact) mass is 521 g/mol. The lowest BCUT2D eigenvalue weighted by Crippen LogP contribution is -2.53. The van der Waals surface area contributed by atoms with Crippen LogP contribution in [-0.4, -0.2) is 59.9 Å². The van der Waals surface area contributed by atoms with E-state index in [9.17, 15) is 24.3 Å². The third kappa shape index (κ3) is 13.1. The molecule has 0 radical (unpaired) electrons. The number of rotatable bonds is 10. The molecule has 1 heterocycles. The second kappa shape index (κ2) is 18.0. The second-order valence-corrected chi connectivity index (χ2v) is 11.1. The average molecular weight is 522 g/mol. The van der Waals surface area contributed by atoms with Crippen LogP contribution >= 0.6 is 0 Å². The Hall–Kier alpha value is -2.38. The lowest BCUT2D eigenvalue weighted by Gasteiger charge is -2.27. The first-order chi connectivity index (χ1) is 17.6. The van der Waals surface area contributed by atoms with E-state index >= 15 is 0 Å². The summed E-state index contributed by atoms with van der Waals surface area (Å²) in [6.45, 7) is 6.12. The molecule has 0 spiro atoms. The highest BCUT2D eigenvalue weighted by molar-refractivity contribution is 5.91. The Morgan fingerprint density at radius 2 is 1.73 bits per heavy atom. The van der Waals surface area contributed by atoms with Crippen molar-refractivity contribution in [3.8, 4) is 0 Å². The van der Waals surface area contributed by atoms with Crippen LogP contribution in [0.15, 0.2) is 12.2 Å². The first-order valence-electron chi connectivity index (χ1n) is 14.3. The molecule has 4 atom stereocenters. The molecule has 1 rings (SSSR count). The zero-order valence-corrected chi connectivity index (χ0v) is 23.8. The van der Waals surface area contributed by atoms with Gasteiger partial charge in [-0.2, -0.15) is 0 Å². The standard InChI is InChI=1S/C29H51N3O5/c1-6-7-8-10-13-16-22-17-14-11-9-12-15-18-23(28(35)32(4)5)20-25(29(36)37)31-27(34)24(19-21(2)3)30-26(22)33/h12,15,21-25H,6-11,13-14,16-20H2,1-5H3,(H,30,33)(H,31,34)(H,36,37)/b15-12+/t22?,23?,24-,25-/m0/s1. The van der Waals surface area contributed by atoms with Crippen LogP contribution in [0.4, 0.5) is 0 Å². The molecule has 1 aliphatic heterocycles. The molecule has 8 heteroatoms. The van der Waals surface area contributed by atoms with E-state index in [2.05, 4.69) is 17.6 Å². The molecule has 0 aromatic rings. The molecule has 8 nitrogen and oxygen atoms in total. The van der Waals surface area contributed by atoms with Gasteiger partial charge in [0, 0.05) is 25.9 Å². The zero-order valence-electron chi connectivity index (χ0n) is 23.8. The largest absolute Gasteiger partial charge is 0.480 e. The van der Waals surface area contributed by atoms with Gasteiger partial charge < -0.3 is 20.6 Å². The number of carboxylic acid groups (broad SMARTS) is 1. The van der Waals surface area contributed by atoms with Crippen LogP contribution in [0.1, 0.15) is 104 Å². The topological polar surface area (TPSA) is 116 Å². The van der Waals surface area contributed by atoms with Crippen molar-refractivity contribution in [2.75, 3.05) is 14.1 Å². The molecule has 3 N–H and O–H groups in total. The molecule has 1 aliphatic rings. The molecule has 0 saturated heterocycles. The molecule has 37 heavy (non-hydrogen) atoms. The summed E-state index contributed by atoms with van der Waals surface area (Å²) in [5, 5.41) is 15.4. The van der Waals surface area contributed by atoms with Gasteiger partial charge in [-0.3, -0.25) is 14.4 Å². The summed E-state index contributed by atoms with van der Waals surface area (Å²) in [7, 11) is 3.29. The number of hydrogen-bond acceptors (Lipinski definition) is 4. The summed E-state index contributed by atoms with van der Waals surface area (Å²) in [4.78, 5) is 52.9. The highest BCUT2D eigenvalue weighted by Gasteiger charge is 2.32. The van der Waals surface area contributed by atoms with Crippen molar-refractivity contribution >= 4 is 23.7 Å². The number of hydrogen-bond donors (Lipinski definition) is 3. The van der Waals surface area contributed by atoms with Gasteiger partial charge in [-0.1, -0.05) is 71.4 Å². The van der Waals surface area contributed by atoms with Gasteiger partial charge >= 0.3 is 5.97 Å². The van der Waals surface area contributed by atoms with Crippen molar-refractivity contribution in [1.82, 2.24) is 15.5 Å². The minimum atomic E-state index is -1.22. The summed E-state index contributed by atoms with van der Waals surface area (Å²) in [6, 6.07) is -2.03. The van der Waals surface area contributed by atoms with Crippen molar-refractivity contribution in [1.29, 1.82) is 0 Å². The fourth-order valence-corrected chi connectivity index (χ4v) is 4.87. The van der Waals surface area contributed by atoms with Crippen molar-refractivity contribution in [3.05, 3.63) is 12.2 Å². The molecule has 2 unspecified atom stereocenters. The SMILES string of the molecule is CCCCCCCC1CCCC/C=C/CC(C(=O)N(C)C)C[C@@H](C(=O)O)NC(=O)[C@H](CC(C)C)NC1=O. The normalized spacial score (nSPS) is 25.2. The van der Waals surface area contributed by atoms with Crippen molar-refractivity contribution in [2.24, 2.45) is 17.8 Å². The molecule has 0 saturated carbocycles. The third-order valence-electron chi connectivity index (χ3n) is 7.05. The number of carbonyl (C=O) groups is 4. The van der Waals surface area contributed by atoms with E-state index in [1.807, 2.05) is 26.0 Å². The maximum Gasteiger partial charge on any atom is 0.326 e. The fourth-order valence-electron chi connectivity index (χ4n) is 4.87. The molecule has 0 aliphatic carbocycles. The third-order valence-corrected chi connectivity index (χ3v) is 7.05. The molecular formula is C29H51N3O5. The van der Waals surface area contributed by atoms with Gasteiger partial charge in [0.25, 0.3) is 0 Å². The molecule has 212 valence electrons. The first-order valence-corrected chi connectivity index (χ1v) is 14.3. The molecule has 0 aromatic heterocycles. The minimum Gasteiger partial charge on any atom is -0.480 e. The highest BCUT2D eigenvalue weighted by atomic mass is 16.4.